The predicted octanol–water partition coefficient (Wildman–Crippen LogP) is 3.77. The third-order valence-corrected chi connectivity index (χ3v) is 6.43. The maximum atomic E-state index is 12.8. The molecule has 0 aliphatic carbocycles. The minimum absolute atomic E-state index is 0.0675. The van der Waals surface area contributed by atoms with E-state index < -0.39 is 16.1 Å². The first-order valence-electron chi connectivity index (χ1n) is 9.27. The first kappa shape index (κ1) is 22.1. The maximum Gasteiger partial charge on any atom is 0.319 e. The second-order valence-electron chi connectivity index (χ2n) is 6.81. The molecule has 0 bridgehead atoms. The van der Waals surface area contributed by atoms with Gasteiger partial charge in [-0.15, -0.1) is 0 Å². The summed E-state index contributed by atoms with van der Waals surface area (Å²) in [6.07, 6.45) is 0. The van der Waals surface area contributed by atoms with Gasteiger partial charge in [-0.3, -0.25) is 0 Å². The SMILES string of the molecule is CN(C)c1cccc2c(S(=O)(=O)NCCNC(=O)Nc3cccc(Br)c3)cccc12. The summed E-state index contributed by atoms with van der Waals surface area (Å²) in [5.41, 5.74) is 1.57. The van der Waals surface area contributed by atoms with Crippen molar-refractivity contribution in [3.63, 3.8) is 0 Å². The fraction of sp³-hybridized carbons (Fsp3) is 0.190. The van der Waals surface area contributed by atoms with Crippen LogP contribution in [0.4, 0.5) is 16.2 Å². The monoisotopic (exact) mass is 490 g/mol. The van der Waals surface area contributed by atoms with Crippen molar-refractivity contribution in [1.82, 2.24) is 10.0 Å². The Kier molecular flexibility index (Phi) is 6.96. The van der Waals surface area contributed by atoms with Crippen molar-refractivity contribution in [1.29, 1.82) is 0 Å². The van der Waals surface area contributed by atoms with Crippen LogP contribution >= 0.6 is 15.9 Å². The van der Waals surface area contributed by atoms with Gasteiger partial charge < -0.3 is 15.5 Å². The fourth-order valence-corrected chi connectivity index (χ4v) is 4.72. The highest BCUT2D eigenvalue weighted by Gasteiger charge is 2.18. The molecule has 3 rings (SSSR count). The Morgan fingerprint density at radius 1 is 0.967 bits per heavy atom. The van der Waals surface area contributed by atoms with Gasteiger partial charge in [-0.25, -0.2) is 17.9 Å². The smallest absolute Gasteiger partial charge is 0.319 e. The maximum absolute atomic E-state index is 12.8. The van der Waals surface area contributed by atoms with Crippen molar-refractivity contribution in [2.45, 2.75) is 4.90 Å². The van der Waals surface area contributed by atoms with Crippen LogP contribution in [0.25, 0.3) is 10.8 Å². The number of hydrogen-bond acceptors (Lipinski definition) is 4. The van der Waals surface area contributed by atoms with Gasteiger partial charge in [0.05, 0.1) is 4.90 Å². The molecule has 0 aliphatic rings. The molecular formula is C21H23BrN4O3S. The van der Waals surface area contributed by atoms with Crippen LogP contribution in [-0.4, -0.2) is 41.6 Å². The van der Waals surface area contributed by atoms with Gasteiger partial charge in [0.2, 0.25) is 10.0 Å². The Bertz CT molecular complexity index is 1170. The normalized spacial score (nSPS) is 11.3. The summed E-state index contributed by atoms with van der Waals surface area (Å²) in [6.45, 7) is 0.213. The largest absolute Gasteiger partial charge is 0.377 e. The molecule has 0 unspecified atom stereocenters. The number of nitrogens with zero attached hydrogens (tertiary/aromatic N) is 1. The number of nitrogens with one attached hydrogen (secondary N) is 3. The predicted molar refractivity (Wildman–Crippen MR) is 125 cm³/mol. The summed E-state index contributed by atoms with van der Waals surface area (Å²) in [5, 5.41) is 6.84. The molecule has 0 aliphatic heterocycles. The first-order valence-corrected chi connectivity index (χ1v) is 11.5. The molecule has 0 atom stereocenters. The van der Waals surface area contributed by atoms with Crippen LogP contribution in [0.3, 0.4) is 0 Å². The van der Waals surface area contributed by atoms with Gasteiger partial charge in [0, 0.05) is 53.8 Å². The lowest BCUT2D eigenvalue weighted by atomic mass is 10.1. The topological polar surface area (TPSA) is 90.5 Å². The average molecular weight is 491 g/mol. The molecule has 0 fully saturated rings. The molecule has 0 spiro atoms. The molecule has 9 heteroatoms. The number of carbonyl (C=O) groups excluding carboxylic acids is 1. The molecule has 7 nitrogen and oxygen atoms in total. The zero-order valence-corrected chi connectivity index (χ0v) is 19.0. The fourth-order valence-electron chi connectivity index (χ4n) is 3.07. The Labute approximate surface area is 184 Å². The molecular weight excluding hydrogens is 468 g/mol. The number of benzene rings is 3. The average Bonchev–Trinajstić information content (AvgIpc) is 2.70. The van der Waals surface area contributed by atoms with Crippen LogP contribution in [0.5, 0.6) is 0 Å². The van der Waals surface area contributed by atoms with E-state index in [1.807, 2.05) is 43.3 Å². The first-order chi connectivity index (χ1) is 14.3. The van der Waals surface area contributed by atoms with E-state index in [1.165, 1.54) is 0 Å². The number of urea groups is 1. The molecule has 0 saturated carbocycles. The number of fused-ring (bicyclic) bond motifs is 1. The minimum Gasteiger partial charge on any atom is -0.377 e. The molecule has 30 heavy (non-hydrogen) atoms. The second-order valence-corrected chi connectivity index (χ2v) is 9.46. The molecule has 0 heterocycles. The molecule has 3 aromatic rings. The van der Waals surface area contributed by atoms with Crippen molar-refractivity contribution >= 4 is 54.1 Å². The van der Waals surface area contributed by atoms with E-state index in [-0.39, 0.29) is 18.0 Å². The summed E-state index contributed by atoms with van der Waals surface area (Å²) >= 11 is 3.34. The van der Waals surface area contributed by atoms with Crippen LogP contribution in [-0.2, 0) is 10.0 Å². The van der Waals surface area contributed by atoms with Crippen LogP contribution in [0.15, 0.2) is 70.0 Å². The lowest BCUT2D eigenvalue weighted by molar-refractivity contribution is 0.252. The molecule has 3 N–H and O–H groups in total. The van der Waals surface area contributed by atoms with E-state index in [1.54, 1.807) is 36.4 Å². The number of amides is 2. The summed E-state index contributed by atoms with van der Waals surface area (Å²) in [5.74, 6) is 0. The molecule has 2 amide bonds. The van der Waals surface area contributed by atoms with Crippen molar-refractivity contribution in [3.05, 3.63) is 65.1 Å². The Morgan fingerprint density at radius 3 is 2.40 bits per heavy atom. The Hall–Kier alpha value is -2.62. The summed E-state index contributed by atoms with van der Waals surface area (Å²) in [6, 6.07) is 17.6. The lowest BCUT2D eigenvalue weighted by Gasteiger charge is -2.17. The number of hydrogen-bond donors (Lipinski definition) is 3. The Morgan fingerprint density at radius 2 is 1.67 bits per heavy atom. The molecule has 158 valence electrons. The molecule has 3 aromatic carbocycles. The second kappa shape index (κ2) is 9.46. The van der Waals surface area contributed by atoms with E-state index in [0.717, 1.165) is 15.5 Å². The summed E-state index contributed by atoms with van der Waals surface area (Å²) in [7, 11) is 0.0932. The highest BCUT2D eigenvalue weighted by atomic mass is 79.9. The van der Waals surface area contributed by atoms with E-state index in [9.17, 15) is 13.2 Å². The van der Waals surface area contributed by atoms with Crippen molar-refractivity contribution < 1.29 is 13.2 Å². The number of carbonyl (C=O) groups is 1. The van der Waals surface area contributed by atoms with Crippen molar-refractivity contribution in [2.75, 3.05) is 37.4 Å². The van der Waals surface area contributed by atoms with Gasteiger partial charge in [-0.1, -0.05) is 46.3 Å². The van der Waals surface area contributed by atoms with Crippen LogP contribution in [0.1, 0.15) is 0 Å². The lowest BCUT2D eigenvalue weighted by Crippen LogP contribution is -2.36. The van der Waals surface area contributed by atoms with Gasteiger partial charge in [0.15, 0.2) is 0 Å². The molecule has 0 aromatic heterocycles. The molecule has 0 saturated heterocycles. The number of sulfonamides is 1. The number of rotatable bonds is 7. The van der Waals surface area contributed by atoms with Crippen LogP contribution in [0.2, 0.25) is 0 Å². The van der Waals surface area contributed by atoms with E-state index in [0.29, 0.717) is 11.1 Å². The van der Waals surface area contributed by atoms with Gasteiger partial charge >= 0.3 is 6.03 Å². The van der Waals surface area contributed by atoms with Crippen molar-refractivity contribution in [2.24, 2.45) is 0 Å². The van der Waals surface area contributed by atoms with Crippen molar-refractivity contribution in [3.8, 4) is 0 Å². The van der Waals surface area contributed by atoms with Crippen LogP contribution in [0, 0.1) is 0 Å². The molecule has 0 radical (unpaired) electrons. The zero-order valence-electron chi connectivity index (χ0n) is 16.6. The zero-order chi connectivity index (χ0) is 21.7. The summed E-state index contributed by atoms with van der Waals surface area (Å²) < 4.78 is 29.1. The highest BCUT2D eigenvalue weighted by Crippen LogP contribution is 2.30. The summed E-state index contributed by atoms with van der Waals surface area (Å²) in [4.78, 5) is 14.1. The minimum atomic E-state index is -3.74. The van der Waals surface area contributed by atoms with E-state index >= 15 is 0 Å². The Balaban J connectivity index is 1.63. The highest BCUT2D eigenvalue weighted by molar-refractivity contribution is 9.10. The van der Waals surface area contributed by atoms with E-state index in [4.69, 9.17) is 0 Å². The van der Waals surface area contributed by atoms with Gasteiger partial charge in [0.25, 0.3) is 0 Å². The quantitative estimate of drug-likeness (QED) is 0.439. The number of anilines is 2. The van der Waals surface area contributed by atoms with Gasteiger partial charge in [0.1, 0.15) is 0 Å². The van der Waals surface area contributed by atoms with Gasteiger partial charge in [-0.2, -0.15) is 0 Å². The third-order valence-electron chi connectivity index (χ3n) is 4.42. The number of halogens is 1. The van der Waals surface area contributed by atoms with Crippen LogP contribution < -0.4 is 20.3 Å². The van der Waals surface area contributed by atoms with Gasteiger partial charge in [-0.05, 0) is 30.3 Å². The third kappa shape index (κ3) is 5.29. The standard InChI is InChI=1S/C21H23BrN4O3S/c1-26(2)19-10-4-9-18-17(19)8-5-11-20(18)30(28,29)24-13-12-23-21(27)25-16-7-3-6-15(22)14-16/h3-11,14,24H,12-13H2,1-2H3,(H2,23,25,27). The van der Waals surface area contributed by atoms with E-state index in [2.05, 4.69) is 31.3 Å².